The van der Waals surface area contributed by atoms with Crippen LogP contribution in [0.3, 0.4) is 0 Å². The normalized spacial score (nSPS) is 13.6. The quantitative estimate of drug-likeness (QED) is 0.666. The molecule has 0 heterocycles. The zero-order valence-electron chi connectivity index (χ0n) is 11.1. The lowest BCUT2D eigenvalue weighted by molar-refractivity contribution is -0.275. The minimum absolute atomic E-state index is 0.326. The molecule has 0 fully saturated rings. The van der Waals surface area contributed by atoms with Crippen LogP contribution in [0.1, 0.15) is 18.5 Å². The molecule has 0 aliphatic heterocycles. The van der Waals surface area contributed by atoms with Crippen molar-refractivity contribution < 1.29 is 40.6 Å². The molecular formula is C12H11F6NO3. The van der Waals surface area contributed by atoms with Gasteiger partial charge in [0, 0.05) is 0 Å². The van der Waals surface area contributed by atoms with Gasteiger partial charge in [-0.15, -0.1) is 13.2 Å². The number of nitrogens with two attached hydrogens (primary N) is 1. The maximum Gasteiger partial charge on any atom is 0.573 e. The van der Waals surface area contributed by atoms with Crippen LogP contribution in [0.15, 0.2) is 18.2 Å². The van der Waals surface area contributed by atoms with E-state index in [4.69, 9.17) is 5.73 Å². The molecular weight excluding hydrogens is 320 g/mol. The van der Waals surface area contributed by atoms with E-state index in [1.54, 1.807) is 0 Å². The number of carbonyl (C=O) groups excluding carboxylic acids is 1. The molecule has 22 heavy (non-hydrogen) atoms. The fraction of sp³-hybridized carbons (Fsp3) is 0.417. The van der Waals surface area contributed by atoms with Gasteiger partial charge in [-0.2, -0.15) is 8.78 Å². The van der Waals surface area contributed by atoms with Crippen molar-refractivity contribution in [3.63, 3.8) is 0 Å². The number of hydrogen-bond donors (Lipinski definition) is 1. The Hall–Kier alpha value is -1.97. The third-order valence-corrected chi connectivity index (χ3v) is 2.48. The molecule has 0 aliphatic carbocycles. The molecule has 0 radical (unpaired) electrons. The van der Waals surface area contributed by atoms with Crippen molar-refractivity contribution in [2.24, 2.45) is 5.73 Å². The average molecular weight is 331 g/mol. The van der Waals surface area contributed by atoms with Crippen LogP contribution < -0.4 is 10.5 Å². The van der Waals surface area contributed by atoms with Gasteiger partial charge < -0.3 is 15.2 Å². The van der Waals surface area contributed by atoms with Crippen LogP contribution >= 0.6 is 0 Å². The van der Waals surface area contributed by atoms with Gasteiger partial charge in [0.05, 0.1) is 6.61 Å². The third-order valence-electron chi connectivity index (χ3n) is 2.48. The summed E-state index contributed by atoms with van der Waals surface area (Å²) in [6.07, 6.45) is -5.14. The van der Waals surface area contributed by atoms with E-state index in [-0.39, 0.29) is 6.61 Å². The summed E-state index contributed by atoms with van der Waals surface area (Å²) in [6, 6.07) is -0.777. The Kier molecular flexibility index (Phi) is 5.28. The van der Waals surface area contributed by atoms with Gasteiger partial charge in [-0.05, 0) is 24.6 Å². The zero-order chi connectivity index (χ0) is 17.1. The molecule has 1 aromatic rings. The molecule has 0 aromatic heterocycles. The van der Waals surface area contributed by atoms with E-state index in [9.17, 15) is 31.1 Å². The third kappa shape index (κ3) is 4.26. The number of carbonyl (C=O) groups is 1. The second-order valence-corrected chi connectivity index (χ2v) is 4.06. The highest BCUT2D eigenvalue weighted by Gasteiger charge is 2.48. The highest BCUT2D eigenvalue weighted by molar-refractivity contribution is 5.78. The molecule has 1 rings (SSSR count). The van der Waals surface area contributed by atoms with E-state index < -0.39 is 41.4 Å². The minimum Gasteiger partial charge on any atom is -0.462 e. The molecule has 2 N–H and O–H groups in total. The van der Waals surface area contributed by atoms with Gasteiger partial charge >= 0.3 is 18.3 Å². The first-order valence-corrected chi connectivity index (χ1v) is 5.84. The smallest absolute Gasteiger partial charge is 0.462 e. The molecule has 10 heteroatoms. The second-order valence-electron chi connectivity index (χ2n) is 4.06. The summed E-state index contributed by atoms with van der Waals surface area (Å²) in [7, 11) is 0. The van der Waals surface area contributed by atoms with Crippen molar-refractivity contribution in [3.05, 3.63) is 29.6 Å². The van der Waals surface area contributed by atoms with Crippen molar-refractivity contribution in [1.29, 1.82) is 0 Å². The number of halogens is 6. The first-order valence-electron chi connectivity index (χ1n) is 5.84. The Morgan fingerprint density at radius 1 is 1.27 bits per heavy atom. The highest BCUT2D eigenvalue weighted by atomic mass is 19.4. The summed E-state index contributed by atoms with van der Waals surface area (Å²) in [4.78, 5) is 11.1. The number of benzene rings is 1. The number of ether oxygens (including phenoxy) is 2. The molecule has 0 aliphatic rings. The van der Waals surface area contributed by atoms with Gasteiger partial charge in [0.25, 0.3) is 0 Å². The molecule has 0 saturated heterocycles. The summed E-state index contributed by atoms with van der Waals surface area (Å²) in [5.74, 6) is -8.85. The van der Waals surface area contributed by atoms with Crippen molar-refractivity contribution in [2.45, 2.75) is 25.3 Å². The van der Waals surface area contributed by atoms with Crippen LogP contribution in [0, 0.1) is 5.82 Å². The molecule has 0 amide bonds. The van der Waals surface area contributed by atoms with Gasteiger partial charge in [-0.3, -0.25) is 0 Å². The number of hydrogen-bond acceptors (Lipinski definition) is 4. The first-order chi connectivity index (χ1) is 9.99. The van der Waals surface area contributed by atoms with Crippen molar-refractivity contribution >= 4 is 5.97 Å². The molecule has 1 aromatic carbocycles. The van der Waals surface area contributed by atoms with E-state index in [0.29, 0.717) is 18.2 Å². The summed E-state index contributed by atoms with van der Waals surface area (Å²) in [5, 5.41) is 0. The Balaban J connectivity index is 3.03. The molecule has 1 atom stereocenters. The van der Waals surface area contributed by atoms with Gasteiger partial charge in [0.1, 0.15) is 6.04 Å². The molecule has 0 bridgehead atoms. The predicted octanol–water partition coefficient (Wildman–Crippen LogP) is 2.92. The van der Waals surface area contributed by atoms with Gasteiger partial charge in [0.15, 0.2) is 11.6 Å². The van der Waals surface area contributed by atoms with E-state index in [1.807, 2.05) is 0 Å². The number of alkyl halides is 5. The zero-order valence-corrected chi connectivity index (χ0v) is 11.1. The topological polar surface area (TPSA) is 61.5 Å². The van der Waals surface area contributed by atoms with Gasteiger partial charge in [-0.1, -0.05) is 6.07 Å². The molecule has 124 valence electrons. The first kappa shape index (κ1) is 18.1. The second kappa shape index (κ2) is 6.42. The van der Waals surface area contributed by atoms with Gasteiger partial charge in [0.2, 0.25) is 0 Å². The minimum atomic E-state index is -5.14. The van der Waals surface area contributed by atoms with Crippen LogP contribution in [-0.2, 0) is 9.53 Å². The summed E-state index contributed by atoms with van der Waals surface area (Å²) in [5.41, 5.74) is 4.58. The van der Waals surface area contributed by atoms with Crippen LogP contribution in [0.5, 0.6) is 5.75 Å². The van der Waals surface area contributed by atoms with Crippen molar-refractivity contribution in [1.82, 2.24) is 0 Å². The largest absolute Gasteiger partial charge is 0.573 e. The summed E-state index contributed by atoms with van der Waals surface area (Å²) < 4.78 is 84.1. The van der Waals surface area contributed by atoms with Gasteiger partial charge in [-0.25, -0.2) is 9.18 Å². The fourth-order valence-electron chi connectivity index (χ4n) is 1.48. The lowest BCUT2D eigenvalue weighted by Gasteiger charge is -2.22. The highest BCUT2D eigenvalue weighted by Crippen LogP contribution is 2.33. The summed E-state index contributed by atoms with van der Waals surface area (Å²) >= 11 is 0. The molecule has 4 nitrogen and oxygen atoms in total. The molecule has 0 saturated carbocycles. The van der Waals surface area contributed by atoms with E-state index in [2.05, 4.69) is 9.47 Å². The van der Waals surface area contributed by atoms with Crippen molar-refractivity contribution in [3.8, 4) is 5.75 Å². The monoisotopic (exact) mass is 331 g/mol. The molecule has 0 unspecified atom stereocenters. The Labute approximate surface area is 120 Å². The Morgan fingerprint density at radius 2 is 1.86 bits per heavy atom. The maximum atomic E-state index is 13.7. The predicted molar refractivity (Wildman–Crippen MR) is 61.6 cm³/mol. The SMILES string of the molecule is CCOC(=O)C(F)(F)[C@H](N)c1ccc(OC(F)(F)F)c(F)c1. The van der Waals surface area contributed by atoms with E-state index >= 15 is 0 Å². The van der Waals surface area contributed by atoms with E-state index in [1.165, 1.54) is 6.92 Å². The van der Waals surface area contributed by atoms with Crippen LogP contribution in [0.25, 0.3) is 0 Å². The Morgan fingerprint density at radius 3 is 2.32 bits per heavy atom. The van der Waals surface area contributed by atoms with Crippen LogP contribution in [-0.4, -0.2) is 24.9 Å². The van der Waals surface area contributed by atoms with Crippen LogP contribution in [0.4, 0.5) is 26.3 Å². The lowest BCUT2D eigenvalue weighted by Crippen LogP contribution is -2.41. The van der Waals surface area contributed by atoms with E-state index in [0.717, 1.165) is 0 Å². The maximum absolute atomic E-state index is 13.7. The molecule has 0 spiro atoms. The summed E-state index contributed by atoms with van der Waals surface area (Å²) in [6.45, 7) is 0.969. The average Bonchev–Trinajstić information content (AvgIpc) is 2.39. The lowest BCUT2D eigenvalue weighted by atomic mass is 10.0. The fourth-order valence-corrected chi connectivity index (χ4v) is 1.48. The van der Waals surface area contributed by atoms with Crippen LogP contribution in [0.2, 0.25) is 0 Å². The van der Waals surface area contributed by atoms with Crippen molar-refractivity contribution in [2.75, 3.05) is 6.61 Å². The number of rotatable bonds is 5. The standard InChI is InChI=1S/C12H11F6NO3/c1-2-21-10(20)11(14,15)9(19)6-3-4-8(7(13)5-6)22-12(16,17)18/h3-5,9H,2,19H2,1H3/t9-/m1/s1. The number of esters is 1. The Bertz CT molecular complexity index is 546.